The van der Waals surface area contributed by atoms with Crippen molar-refractivity contribution >= 4 is 15.9 Å². The fraction of sp³-hybridized carbons (Fsp3) is 0.409. The highest BCUT2D eigenvalue weighted by molar-refractivity contribution is 7.89. The molecule has 0 aromatic heterocycles. The van der Waals surface area contributed by atoms with Crippen molar-refractivity contribution in [2.24, 2.45) is 5.92 Å². The summed E-state index contributed by atoms with van der Waals surface area (Å²) in [6.45, 7) is 4.35. The fourth-order valence-electron chi connectivity index (χ4n) is 3.76. The zero-order chi connectivity index (χ0) is 21.2. The molecule has 0 N–H and O–H groups in total. The Kier molecular flexibility index (Phi) is 6.39. The van der Waals surface area contributed by atoms with Gasteiger partial charge in [0.05, 0.1) is 10.8 Å². The van der Waals surface area contributed by atoms with Gasteiger partial charge in [-0.05, 0) is 49.9 Å². The predicted octanol–water partition coefficient (Wildman–Crippen LogP) is 3.50. The minimum Gasteiger partial charge on any atom is -0.341 e. The van der Waals surface area contributed by atoms with Gasteiger partial charge in [-0.25, -0.2) is 12.8 Å². The van der Waals surface area contributed by atoms with E-state index in [1.54, 1.807) is 44.3 Å². The van der Waals surface area contributed by atoms with Gasteiger partial charge < -0.3 is 4.90 Å². The number of carbonyl (C=O) groups excluding carboxylic acids is 1. The van der Waals surface area contributed by atoms with E-state index in [-0.39, 0.29) is 24.8 Å². The fourth-order valence-corrected chi connectivity index (χ4v) is 5.59. The maximum absolute atomic E-state index is 13.9. The summed E-state index contributed by atoms with van der Waals surface area (Å²) in [5, 5.41) is 0. The lowest BCUT2D eigenvalue weighted by Crippen LogP contribution is -2.45. The van der Waals surface area contributed by atoms with Crippen molar-refractivity contribution in [2.45, 2.75) is 38.1 Å². The van der Waals surface area contributed by atoms with E-state index < -0.39 is 15.9 Å². The van der Waals surface area contributed by atoms with Crippen LogP contribution in [0.5, 0.6) is 0 Å². The molecule has 1 saturated heterocycles. The third-order valence-corrected chi connectivity index (χ3v) is 7.44. The third kappa shape index (κ3) is 4.67. The van der Waals surface area contributed by atoms with Crippen LogP contribution in [-0.2, 0) is 21.4 Å². The van der Waals surface area contributed by atoms with Gasteiger partial charge in [-0.3, -0.25) is 4.79 Å². The van der Waals surface area contributed by atoms with Gasteiger partial charge >= 0.3 is 0 Å². The van der Waals surface area contributed by atoms with Crippen molar-refractivity contribution < 1.29 is 17.6 Å². The molecule has 1 atom stereocenters. The first-order valence-electron chi connectivity index (χ1n) is 9.76. The van der Waals surface area contributed by atoms with Crippen molar-refractivity contribution in [3.05, 3.63) is 65.0 Å². The number of hydrogen-bond donors (Lipinski definition) is 0. The molecule has 5 nitrogen and oxygen atoms in total. The molecule has 1 aliphatic rings. The predicted molar refractivity (Wildman–Crippen MR) is 110 cm³/mol. The monoisotopic (exact) mass is 418 g/mol. The van der Waals surface area contributed by atoms with E-state index in [0.717, 1.165) is 5.56 Å². The lowest BCUT2D eigenvalue weighted by molar-refractivity contribution is -0.135. The summed E-state index contributed by atoms with van der Waals surface area (Å²) in [5.74, 6) is -0.940. The zero-order valence-corrected chi connectivity index (χ0v) is 17.9. The van der Waals surface area contributed by atoms with Crippen molar-refractivity contribution in [1.29, 1.82) is 0 Å². The molecular weight excluding hydrogens is 391 g/mol. The summed E-state index contributed by atoms with van der Waals surface area (Å²) < 4.78 is 41.7. The average Bonchev–Trinajstić information content (AvgIpc) is 2.71. The lowest BCUT2D eigenvalue weighted by Gasteiger charge is -2.33. The summed E-state index contributed by atoms with van der Waals surface area (Å²) in [6.07, 6.45) is 1.24. The molecule has 1 fully saturated rings. The number of benzene rings is 2. The van der Waals surface area contributed by atoms with Gasteiger partial charge in [0.1, 0.15) is 5.82 Å². The molecule has 2 aromatic carbocycles. The Hall–Kier alpha value is -2.25. The highest BCUT2D eigenvalue weighted by atomic mass is 32.2. The SMILES string of the molecule is Cc1ccc(C)c(S(=O)(=O)N2CCC[C@H](C(=O)N(C)Cc3ccccc3F)C2)c1. The molecule has 0 radical (unpaired) electrons. The smallest absolute Gasteiger partial charge is 0.243 e. The van der Waals surface area contributed by atoms with Crippen LogP contribution in [0.1, 0.15) is 29.5 Å². The number of piperidine rings is 1. The number of sulfonamides is 1. The molecule has 0 aliphatic carbocycles. The van der Waals surface area contributed by atoms with Gasteiger partial charge in [0.25, 0.3) is 0 Å². The first-order chi connectivity index (χ1) is 13.7. The van der Waals surface area contributed by atoms with Gasteiger partial charge in [-0.2, -0.15) is 4.31 Å². The second-order valence-electron chi connectivity index (χ2n) is 7.76. The maximum atomic E-state index is 13.9. The van der Waals surface area contributed by atoms with E-state index in [1.165, 1.54) is 15.3 Å². The molecule has 0 bridgehead atoms. The quantitative estimate of drug-likeness (QED) is 0.747. The van der Waals surface area contributed by atoms with Crippen molar-refractivity contribution in [3.63, 3.8) is 0 Å². The molecule has 29 heavy (non-hydrogen) atoms. The average molecular weight is 419 g/mol. The van der Waals surface area contributed by atoms with E-state index in [9.17, 15) is 17.6 Å². The standard InChI is InChI=1S/C22H27FN2O3S/c1-16-10-11-17(2)21(13-16)29(27,28)25-12-6-8-19(15-25)22(26)24(3)14-18-7-4-5-9-20(18)23/h4-5,7,9-11,13,19H,6,8,12,14-15H2,1-3H3/t19-/m0/s1. The van der Waals surface area contributed by atoms with Crippen LogP contribution in [0.25, 0.3) is 0 Å². The van der Waals surface area contributed by atoms with Gasteiger partial charge in [0.15, 0.2) is 0 Å². The molecule has 156 valence electrons. The Morgan fingerprint density at radius 2 is 1.93 bits per heavy atom. The maximum Gasteiger partial charge on any atom is 0.243 e. The Bertz CT molecular complexity index is 1010. The van der Waals surface area contributed by atoms with Crippen LogP contribution in [0.15, 0.2) is 47.4 Å². The number of aryl methyl sites for hydroxylation is 2. The number of halogens is 1. The van der Waals surface area contributed by atoms with E-state index in [2.05, 4.69) is 0 Å². The summed E-state index contributed by atoms with van der Waals surface area (Å²) in [7, 11) is -2.04. The normalized spacial score (nSPS) is 17.9. The van der Waals surface area contributed by atoms with Crippen LogP contribution < -0.4 is 0 Å². The van der Waals surface area contributed by atoms with E-state index in [4.69, 9.17) is 0 Å². The topological polar surface area (TPSA) is 57.7 Å². The molecule has 3 rings (SSSR count). The second kappa shape index (κ2) is 8.63. The molecule has 7 heteroatoms. The van der Waals surface area contributed by atoms with Crippen LogP contribution in [0.2, 0.25) is 0 Å². The molecule has 1 heterocycles. The highest BCUT2D eigenvalue weighted by Gasteiger charge is 2.35. The van der Waals surface area contributed by atoms with Crippen LogP contribution in [-0.4, -0.2) is 43.7 Å². The molecule has 1 amide bonds. The van der Waals surface area contributed by atoms with E-state index in [0.29, 0.717) is 35.4 Å². The molecule has 0 saturated carbocycles. The van der Waals surface area contributed by atoms with Gasteiger partial charge in [-0.15, -0.1) is 0 Å². The Morgan fingerprint density at radius 1 is 1.21 bits per heavy atom. The Labute approximate surface area is 172 Å². The highest BCUT2D eigenvalue weighted by Crippen LogP contribution is 2.27. The largest absolute Gasteiger partial charge is 0.341 e. The summed E-state index contributed by atoms with van der Waals surface area (Å²) >= 11 is 0. The number of nitrogens with zero attached hydrogens (tertiary/aromatic N) is 2. The summed E-state index contributed by atoms with van der Waals surface area (Å²) in [4.78, 5) is 14.7. The Morgan fingerprint density at radius 3 is 2.66 bits per heavy atom. The molecular formula is C22H27FN2O3S. The number of carbonyl (C=O) groups is 1. The van der Waals surface area contributed by atoms with Gasteiger partial charge in [-0.1, -0.05) is 30.3 Å². The van der Waals surface area contributed by atoms with Gasteiger partial charge in [0.2, 0.25) is 15.9 Å². The van der Waals surface area contributed by atoms with Crippen LogP contribution >= 0.6 is 0 Å². The first kappa shape index (κ1) is 21.5. The molecule has 0 spiro atoms. The van der Waals surface area contributed by atoms with Gasteiger partial charge in [0, 0.05) is 32.2 Å². The molecule has 0 unspecified atom stereocenters. The van der Waals surface area contributed by atoms with Crippen LogP contribution in [0.3, 0.4) is 0 Å². The number of rotatable bonds is 5. The molecule has 1 aliphatic heterocycles. The van der Waals surface area contributed by atoms with Crippen LogP contribution in [0, 0.1) is 25.6 Å². The third-order valence-electron chi connectivity index (χ3n) is 5.44. The van der Waals surface area contributed by atoms with E-state index in [1.807, 2.05) is 13.0 Å². The second-order valence-corrected chi connectivity index (χ2v) is 9.66. The van der Waals surface area contributed by atoms with Crippen LogP contribution in [0.4, 0.5) is 4.39 Å². The van der Waals surface area contributed by atoms with Crippen molar-refractivity contribution in [3.8, 4) is 0 Å². The minimum absolute atomic E-state index is 0.149. The van der Waals surface area contributed by atoms with Crippen molar-refractivity contribution in [1.82, 2.24) is 9.21 Å². The van der Waals surface area contributed by atoms with E-state index >= 15 is 0 Å². The minimum atomic E-state index is -3.67. The Balaban J connectivity index is 1.75. The molecule has 2 aromatic rings. The summed E-state index contributed by atoms with van der Waals surface area (Å²) in [5.41, 5.74) is 2.02. The lowest BCUT2D eigenvalue weighted by atomic mass is 9.98. The van der Waals surface area contributed by atoms with Crippen molar-refractivity contribution in [2.75, 3.05) is 20.1 Å². The first-order valence-corrected chi connectivity index (χ1v) is 11.2. The zero-order valence-electron chi connectivity index (χ0n) is 17.1. The number of hydrogen-bond acceptors (Lipinski definition) is 3. The number of amides is 1. The summed E-state index contributed by atoms with van der Waals surface area (Å²) in [6, 6.07) is 11.7.